The van der Waals surface area contributed by atoms with Crippen molar-refractivity contribution in [2.45, 2.75) is 11.6 Å². The Labute approximate surface area is 99.8 Å². The molecular weight excluding hydrogens is 214 g/mol. The molecule has 0 amide bonds. The molecule has 6 N–H and O–H groups in total. The molecule has 2 rings (SSSR count). The monoisotopic (exact) mass is 229 g/mol. The van der Waals surface area contributed by atoms with Crippen molar-refractivity contribution in [3.05, 3.63) is 59.8 Å². The lowest BCUT2D eigenvalue weighted by atomic mass is 9.80. The van der Waals surface area contributed by atoms with Crippen LogP contribution in [0, 0.1) is 0 Å². The SMILES string of the molecule is NC1=CC(N)C(N)(C(=O)c2ccccc2)C=C1. The second-order valence-corrected chi connectivity index (χ2v) is 4.15. The molecule has 2 atom stereocenters. The highest BCUT2D eigenvalue weighted by atomic mass is 16.1. The predicted molar refractivity (Wildman–Crippen MR) is 67.1 cm³/mol. The van der Waals surface area contributed by atoms with Crippen LogP contribution in [-0.2, 0) is 0 Å². The van der Waals surface area contributed by atoms with Crippen LogP contribution >= 0.6 is 0 Å². The molecule has 0 fully saturated rings. The molecule has 17 heavy (non-hydrogen) atoms. The number of hydrogen-bond acceptors (Lipinski definition) is 4. The largest absolute Gasteiger partial charge is 0.399 e. The number of ketones is 1. The Bertz CT molecular complexity index is 493. The average Bonchev–Trinajstić information content (AvgIpc) is 2.34. The van der Waals surface area contributed by atoms with E-state index in [4.69, 9.17) is 17.2 Å². The molecule has 1 aromatic rings. The van der Waals surface area contributed by atoms with E-state index >= 15 is 0 Å². The van der Waals surface area contributed by atoms with Crippen LogP contribution in [0.25, 0.3) is 0 Å². The summed E-state index contributed by atoms with van der Waals surface area (Å²) in [6.07, 6.45) is 4.79. The number of hydrogen-bond donors (Lipinski definition) is 3. The van der Waals surface area contributed by atoms with Gasteiger partial charge in [0, 0.05) is 11.3 Å². The zero-order chi connectivity index (χ0) is 12.5. The zero-order valence-electron chi connectivity index (χ0n) is 9.34. The van der Waals surface area contributed by atoms with Gasteiger partial charge in [-0.1, -0.05) is 36.4 Å². The van der Waals surface area contributed by atoms with Gasteiger partial charge in [-0.2, -0.15) is 0 Å². The van der Waals surface area contributed by atoms with E-state index in [9.17, 15) is 4.79 Å². The summed E-state index contributed by atoms with van der Waals surface area (Å²) in [7, 11) is 0. The van der Waals surface area contributed by atoms with Crippen molar-refractivity contribution in [1.82, 2.24) is 0 Å². The Morgan fingerprint density at radius 2 is 1.88 bits per heavy atom. The van der Waals surface area contributed by atoms with Gasteiger partial charge in [0.05, 0.1) is 6.04 Å². The fourth-order valence-corrected chi connectivity index (χ4v) is 1.81. The highest BCUT2D eigenvalue weighted by Crippen LogP contribution is 2.21. The number of nitrogens with two attached hydrogens (primary N) is 3. The van der Waals surface area contributed by atoms with Gasteiger partial charge >= 0.3 is 0 Å². The van der Waals surface area contributed by atoms with E-state index in [1.165, 1.54) is 0 Å². The second kappa shape index (κ2) is 4.16. The van der Waals surface area contributed by atoms with E-state index in [0.29, 0.717) is 11.3 Å². The summed E-state index contributed by atoms with van der Waals surface area (Å²) in [6.45, 7) is 0. The van der Waals surface area contributed by atoms with E-state index < -0.39 is 11.6 Å². The van der Waals surface area contributed by atoms with E-state index in [2.05, 4.69) is 0 Å². The van der Waals surface area contributed by atoms with Gasteiger partial charge in [0.2, 0.25) is 0 Å². The minimum atomic E-state index is -1.22. The van der Waals surface area contributed by atoms with Gasteiger partial charge in [-0.25, -0.2) is 0 Å². The summed E-state index contributed by atoms with van der Waals surface area (Å²) in [5.41, 5.74) is 17.4. The first-order chi connectivity index (χ1) is 8.04. The zero-order valence-corrected chi connectivity index (χ0v) is 9.34. The lowest BCUT2D eigenvalue weighted by Crippen LogP contribution is -2.59. The predicted octanol–water partition coefficient (Wildman–Crippen LogP) is 0.307. The third-order valence-corrected chi connectivity index (χ3v) is 2.90. The van der Waals surface area contributed by atoms with Gasteiger partial charge in [0.1, 0.15) is 5.54 Å². The molecule has 0 bridgehead atoms. The number of Topliss-reactive ketones (excluding diaryl/α,β-unsaturated/α-hetero) is 1. The van der Waals surface area contributed by atoms with Crippen molar-refractivity contribution in [3.63, 3.8) is 0 Å². The van der Waals surface area contributed by atoms with E-state index in [0.717, 1.165) is 0 Å². The van der Waals surface area contributed by atoms with Crippen LogP contribution in [0.1, 0.15) is 10.4 Å². The molecule has 1 aliphatic rings. The standard InChI is InChI=1S/C13H15N3O/c14-10-6-7-13(16,11(15)8-10)12(17)9-4-2-1-3-5-9/h1-8,11H,14-16H2. The van der Waals surface area contributed by atoms with Gasteiger partial charge in [-0.3, -0.25) is 4.79 Å². The third kappa shape index (κ3) is 2.00. The van der Waals surface area contributed by atoms with Crippen LogP contribution in [0.4, 0.5) is 0 Å². The maximum Gasteiger partial charge on any atom is 0.188 e. The number of carbonyl (C=O) groups is 1. The molecule has 0 aromatic heterocycles. The second-order valence-electron chi connectivity index (χ2n) is 4.15. The molecule has 0 spiro atoms. The van der Waals surface area contributed by atoms with Crippen molar-refractivity contribution < 1.29 is 4.79 Å². The molecule has 0 saturated carbocycles. The average molecular weight is 229 g/mol. The van der Waals surface area contributed by atoms with Gasteiger partial charge in [0.25, 0.3) is 0 Å². The fourth-order valence-electron chi connectivity index (χ4n) is 1.81. The molecular formula is C13H15N3O. The maximum absolute atomic E-state index is 12.3. The lowest BCUT2D eigenvalue weighted by Gasteiger charge is -2.31. The summed E-state index contributed by atoms with van der Waals surface area (Å²) >= 11 is 0. The molecule has 4 heteroatoms. The van der Waals surface area contributed by atoms with Crippen LogP contribution in [0.15, 0.2) is 54.3 Å². The maximum atomic E-state index is 12.3. The molecule has 1 aromatic carbocycles. The summed E-state index contributed by atoms with van der Waals surface area (Å²) in [5, 5.41) is 0. The first kappa shape index (κ1) is 11.6. The first-order valence-corrected chi connectivity index (χ1v) is 5.35. The van der Waals surface area contributed by atoms with Gasteiger partial charge < -0.3 is 17.2 Å². The molecule has 88 valence electrons. The number of carbonyl (C=O) groups excluding carboxylic acids is 1. The van der Waals surface area contributed by atoms with Crippen LogP contribution in [0.2, 0.25) is 0 Å². The van der Waals surface area contributed by atoms with Crippen molar-refractivity contribution >= 4 is 5.78 Å². The quantitative estimate of drug-likeness (QED) is 0.636. The van der Waals surface area contributed by atoms with E-state index in [1.807, 2.05) is 6.07 Å². The molecule has 0 radical (unpaired) electrons. The highest BCUT2D eigenvalue weighted by molar-refractivity contribution is 6.05. The summed E-state index contributed by atoms with van der Waals surface area (Å²) in [6, 6.07) is 8.25. The Morgan fingerprint density at radius 3 is 2.47 bits per heavy atom. The van der Waals surface area contributed by atoms with E-state index in [1.54, 1.807) is 42.5 Å². The van der Waals surface area contributed by atoms with Crippen molar-refractivity contribution in [2.24, 2.45) is 17.2 Å². The van der Waals surface area contributed by atoms with Crippen LogP contribution in [0.5, 0.6) is 0 Å². The third-order valence-electron chi connectivity index (χ3n) is 2.90. The first-order valence-electron chi connectivity index (χ1n) is 5.35. The van der Waals surface area contributed by atoms with E-state index in [-0.39, 0.29) is 5.78 Å². The molecule has 0 saturated heterocycles. The normalized spacial score (nSPS) is 27.6. The Morgan fingerprint density at radius 1 is 1.24 bits per heavy atom. The van der Waals surface area contributed by atoms with Crippen molar-refractivity contribution in [3.8, 4) is 0 Å². The Hall–Kier alpha value is -1.91. The lowest BCUT2D eigenvalue weighted by molar-refractivity contribution is 0.0911. The summed E-state index contributed by atoms with van der Waals surface area (Å²) < 4.78 is 0. The highest BCUT2D eigenvalue weighted by Gasteiger charge is 2.38. The van der Waals surface area contributed by atoms with Crippen molar-refractivity contribution in [2.75, 3.05) is 0 Å². The molecule has 1 aliphatic carbocycles. The fraction of sp³-hybridized carbons (Fsp3) is 0.154. The number of allylic oxidation sites excluding steroid dienone is 1. The molecule has 2 unspecified atom stereocenters. The molecule has 0 aliphatic heterocycles. The van der Waals surface area contributed by atoms with Crippen molar-refractivity contribution in [1.29, 1.82) is 0 Å². The van der Waals surface area contributed by atoms with Gasteiger partial charge in [0.15, 0.2) is 5.78 Å². The molecule has 4 nitrogen and oxygen atoms in total. The summed E-state index contributed by atoms with van der Waals surface area (Å²) in [4.78, 5) is 12.3. The van der Waals surface area contributed by atoms with Crippen LogP contribution < -0.4 is 17.2 Å². The Balaban J connectivity index is 2.35. The molecule has 0 heterocycles. The topological polar surface area (TPSA) is 95.1 Å². The smallest absolute Gasteiger partial charge is 0.188 e. The Kier molecular flexibility index (Phi) is 2.83. The van der Waals surface area contributed by atoms with Crippen LogP contribution in [0.3, 0.4) is 0 Å². The minimum absolute atomic E-state index is 0.203. The number of benzene rings is 1. The minimum Gasteiger partial charge on any atom is -0.399 e. The van der Waals surface area contributed by atoms with Gasteiger partial charge in [-0.15, -0.1) is 0 Å². The van der Waals surface area contributed by atoms with Crippen LogP contribution in [-0.4, -0.2) is 17.4 Å². The van der Waals surface area contributed by atoms with Gasteiger partial charge in [-0.05, 0) is 12.2 Å². The number of rotatable bonds is 2. The summed E-state index contributed by atoms with van der Waals surface area (Å²) in [5.74, 6) is -0.203.